The van der Waals surface area contributed by atoms with Gasteiger partial charge in [-0.25, -0.2) is 0 Å². The molecule has 0 aliphatic carbocycles. The Hall–Kier alpha value is -1.23. The predicted molar refractivity (Wildman–Crippen MR) is 77.5 cm³/mol. The van der Waals surface area contributed by atoms with Crippen LogP contribution in [0.25, 0.3) is 0 Å². The van der Waals surface area contributed by atoms with Crippen molar-refractivity contribution < 1.29 is 18.0 Å². The Balaban J connectivity index is 2.68. The summed E-state index contributed by atoms with van der Waals surface area (Å²) < 4.78 is 37.8. The third-order valence-corrected chi connectivity index (χ3v) is 3.98. The van der Waals surface area contributed by atoms with Crippen molar-refractivity contribution in [3.8, 4) is 0 Å². The lowest BCUT2D eigenvalue weighted by molar-refractivity contribution is -0.137. The van der Waals surface area contributed by atoms with E-state index in [0.29, 0.717) is 0 Å². The van der Waals surface area contributed by atoms with Gasteiger partial charge in [-0.15, -0.1) is 11.6 Å². The molecule has 0 aromatic heterocycles. The number of hydrogen-bond acceptors (Lipinski definition) is 1. The molecule has 0 saturated carbocycles. The summed E-state index contributed by atoms with van der Waals surface area (Å²) in [5, 5.41) is 2.36. The summed E-state index contributed by atoms with van der Waals surface area (Å²) in [5.74, 6) is -0.272. The van der Waals surface area contributed by atoms with Gasteiger partial charge in [0.25, 0.3) is 5.91 Å². The van der Waals surface area contributed by atoms with Crippen molar-refractivity contribution in [2.24, 2.45) is 5.92 Å². The molecule has 1 unspecified atom stereocenters. The minimum Gasteiger partial charge on any atom is -0.351 e. The molecule has 0 bridgehead atoms. The smallest absolute Gasteiger partial charge is 0.351 e. The molecule has 0 fully saturated rings. The fraction of sp³-hybridized carbons (Fsp3) is 0.533. The van der Waals surface area contributed by atoms with Crippen LogP contribution in [0.2, 0.25) is 0 Å². The van der Waals surface area contributed by atoms with E-state index < -0.39 is 17.6 Å². The molecule has 1 aromatic rings. The summed E-state index contributed by atoms with van der Waals surface area (Å²) >= 11 is 6.19. The van der Waals surface area contributed by atoms with E-state index in [0.717, 1.165) is 25.0 Å². The molecule has 1 aromatic carbocycles. The average molecular weight is 322 g/mol. The number of halogens is 4. The van der Waals surface area contributed by atoms with E-state index >= 15 is 0 Å². The van der Waals surface area contributed by atoms with Crippen LogP contribution in [0.3, 0.4) is 0 Å². The van der Waals surface area contributed by atoms with E-state index in [4.69, 9.17) is 11.6 Å². The molecule has 1 rings (SSSR count). The fourth-order valence-corrected chi connectivity index (χ4v) is 2.53. The second-order valence-electron chi connectivity index (χ2n) is 4.88. The monoisotopic (exact) mass is 321 g/mol. The minimum absolute atomic E-state index is 0.0155. The van der Waals surface area contributed by atoms with Crippen LogP contribution in [-0.2, 0) is 6.18 Å². The average Bonchev–Trinajstić information content (AvgIpc) is 2.45. The maximum Gasteiger partial charge on any atom is 0.416 e. The van der Waals surface area contributed by atoms with Crippen molar-refractivity contribution >= 4 is 17.5 Å². The Kier molecular flexibility index (Phi) is 6.52. The molecule has 1 atom stereocenters. The van der Waals surface area contributed by atoms with Gasteiger partial charge in [0.15, 0.2) is 0 Å². The molecule has 1 N–H and O–H groups in total. The highest BCUT2D eigenvalue weighted by molar-refractivity contribution is 6.21. The van der Waals surface area contributed by atoms with Crippen molar-refractivity contribution in [1.82, 2.24) is 5.32 Å². The molecule has 2 nitrogen and oxygen atoms in total. The summed E-state index contributed by atoms with van der Waals surface area (Å²) in [5.41, 5.74) is -0.851. The molecule has 0 heterocycles. The van der Waals surface area contributed by atoms with E-state index in [2.05, 4.69) is 5.32 Å². The highest BCUT2D eigenvalue weighted by atomic mass is 35.5. The summed E-state index contributed by atoms with van der Waals surface area (Å²) in [6, 6.07) is 4.35. The van der Waals surface area contributed by atoms with E-state index in [1.54, 1.807) is 0 Å². The number of carbonyl (C=O) groups excluding carboxylic acids is 1. The Morgan fingerprint density at radius 3 is 2.43 bits per heavy atom. The molecule has 1 amide bonds. The maximum atomic E-state index is 12.6. The molecular formula is C15H19ClF3NO. The van der Waals surface area contributed by atoms with E-state index in [1.807, 2.05) is 13.8 Å². The van der Waals surface area contributed by atoms with Gasteiger partial charge in [-0.3, -0.25) is 4.79 Å². The van der Waals surface area contributed by atoms with Gasteiger partial charge < -0.3 is 5.32 Å². The van der Waals surface area contributed by atoms with Crippen LogP contribution in [-0.4, -0.2) is 17.8 Å². The van der Waals surface area contributed by atoms with Crippen LogP contribution in [0.15, 0.2) is 24.3 Å². The van der Waals surface area contributed by atoms with Crippen LogP contribution in [0.1, 0.15) is 42.6 Å². The number of benzene rings is 1. The largest absolute Gasteiger partial charge is 0.416 e. The first-order valence-electron chi connectivity index (χ1n) is 6.89. The molecule has 0 saturated heterocycles. The number of carbonyl (C=O) groups is 1. The van der Waals surface area contributed by atoms with Gasteiger partial charge in [0.1, 0.15) is 0 Å². The van der Waals surface area contributed by atoms with Crippen molar-refractivity contribution in [3.05, 3.63) is 35.4 Å². The highest BCUT2D eigenvalue weighted by Gasteiger charge is 2.30. The number of rotatable bonds is 6. The molecule has 0 spiro atoms. The van der Waals surface area contributed by atoms with Crippen LogP contribution in [0.5, 0.6) is 0 Å². The highest BCUT2D eigenvalue weighted by Crippen LogP contribution is 2.29. The number of amides is 1. The molecule has 21 heavy (non-hydrogen) atoms. The topological polar surface area (TPSA) is 29.1 Å². The SMILES string of the molecule is CCC(CC)C(Cl)CNC(=O)c1cccc(C(F)(F)F)c1. The Morgan fingerprint density at radius 1 is 1.29 bits per heavy atom. The molecule has 6 heteroatoms. The molecule has 0 aliphatic heterocycles. The van der Waals surface area contributed by atoms with Gasteiger partial charge in [0.2, 0.25) is 0 Å². The van der Waals surface area contributed by atoms with Gasteiger partial charge in [0.05, 0.1) is 10.9 Å². The standard InChI is InChI=1S/C15H19ClF3NO/c1-3-10(4-2)13(16)9-20-14(21)11-6-5-7-12(8-11)15(17,18)19/h5-8,10,13H,3-4,9H2,1-2H3,(H,20,21). The summed E-state index contributed by atoms with van der Waals surface area (Å²) in [6.07, 6.45) is -2.67. The van der Waals surface area contributed by atoms with E-state index in [9.17, 15) is 18.0 Å². The van der Waals surface area contributed by atoms with Gasteiger partial charge >= 0.3 is 6.18 Å². The van der Waals surface area contributed by atoms with Crippen molar-refractivity contribution in [2.45, 2.75) is 38.2 Å². The number of alkyl halides is 4. The predicted octanol–water partition coefficient (Wildman–Crippen LogP) is 4.48. The van der Waals surface area contributed by atoms with Crippen LogP contribution in [0, 0.1) is 5.92 Å². The fourth-order valence-electron chi connectivity index (χ4n) is 2.10. The van der Waals surface area contributed by atoms with Crippen LogP contribution >= 0.6 is 11.6 Å². The quantitative estimate of drug-likeness (QED) is 0.769. The summed E-state index contributed by atoms with van der Waals surface area (Å²) in [4.78, 5) is 11.9. The van der Waals surface area contributed by atoms with Gasteiger partial charge in [-0.2, -0.15) is 13.2 Å². The zero-order chi connectivity index (χ0) is 16.0. The number of nitrogens with one attached hydrogen (secondary N) is 1. The minimum atomic E-state index is -4.46. The van der Waals surface area contributed by atoms with E-state index in [-0.39, 0.29) is 23.4 Å². The molecule has 0 aliphatic rings. The lowest BCUT2D eigenvalue weighted by Gasteiger charge is -2.19. The lowest BCUT2D eigenvalue weighted by atomic mass is 9.99. The third-order valence-electron chi connectivity index (χ3n) is 3.47. The van der Waals surface area contributed by atoms with Gasteiger partial charge in [-0.05, 0) is 24.1 Å². The Morgan fingerprint density at radius 2 is 1.90 bits per heavy atom. The maximum absolute atomic E-state index is 12.6. The van der Waals surface area contributed by atoms with Crippen molar-refractivity contribution in [3.63, 3.8) is 0 Å². The first kappa shape index (κ1) is 17.8. The second kappa shape index (κ2) is 7.69. The van der Waals surface area contributed by atoms with Gasteiger partial charge in [0, 0.05) is 12.1 Å². The molecular weight excluding hydrogens is 303 g/mol. The Labute approximate surface area is 127 Å². The third kappa shape index (κ3) is 5.23. The normalized spacial score (nSPS) is 13.3. The van der Waals surface area contributed by atoms with E-state index in [1.165, 1.54) is 12.1 Å². The van der Waals surface area contributed by atoms with Crippen LogP contribution < -0.4 is 5.32 Å². The first-order chi connectivity index (χ1) is 9.79. The second-order valence-corrected chi connectivity index (χ2v) is 5.44. The first-order valence-corrected chi connectivity index (χ1v) is 7.32. The van der Waals surface area contributed by atoms with Crippen LogP contribution in [0.4, 0.5) is 13.2 Å². The number of hydrogen-bond donors (Lipinski definition) is 1. The zero-order valence-electron chi connectivity index (χ0n) is 12.0. The summed E-state index contributed by atoms with van der Waals surface area (Å²) in [6.45, 7) is 4.26. The molecule has 118 valence electrons. The van der Waals surface area contributed by atoms with Gasteiger partial charge in [-0.1, -0.05) is 32.8 Å². The summed E-state index contributed by atoms with van der Waals surface area (Å²) in [7, 11) is 0. The van der Waals surface area contributed by atoms with Crippen molar-refractivity contribution in [2.75, 3.05) is 6.54 Å². The Bertz CT molecular complexity index is 472. The van der Waals surface area contributed by atoms with Crippen molar-refractivity contribution in [1.29, 1.82) is 0 Å². The lowest BCUT2D eigenvalue weighted by Crippen LogP contribution is -2.33. The molecule has 0 radical (unpaired) electrons. The zero-order valence-corrected chi connectivity index (χ0v) is 12.8.